The van der Waals surface area contributed by atoms with E-state index in [-0.39, 0.29) is 0 Å². The Morgan fingerprint density at radius 1 is 0.469 bits per heavy atom. The summed E-state index contributed by atoms with van der Waals surface area (Å²) in [6, 6.07) is 39.1. The zero-order valence-corrected chi connectivity index (χ0v) is 17.5. The van der Waals surface area contributed by atoms with Gasteiger partial charge < -0.3 is 4.42 Å². The normalized spacial score (nSPS) is 12.2. The van der Waals surface area contributed by atoms with Crippen LogP contribution in [0.3, 0.4) is 0 Å². The van der Waals surface area contributed by atoms with Crippen molar-refractivity contribution in [2.75, 3.05) is 0 Å². The van der Waals surface area contributed by atoms with Crippen LogP contribution in [-0.4, -0.2) is 0 Å². The molecule has 1 aliphatic rings. The van der Waals surface area contributed by atoms with Gasteiger partial charge in [0, 0.05) is 16.3 Å². The largest absolute Gasteiger partial charge is 0.455 e. The van der Waals surface area contributed by atoms with E-state index in [1.54, 1.807) is 0 Å². The summed E-state index contributed by atoms with van der Waals surface area (Å²) in [6.07, 6.45) is 1.03. The van der Waals surface area contributed by atoms with E-state index < -0.39 is 0 Å². The summed E-state index contributed by atoms with van der Waals surface area (Å²) >= 11 is 0. The number of hydrogen-bond donors (Lipinski definition) is 0. The van der Waals surface area contributed by atoms with Gasteiger partial charge >= 0.3 is 0 Å². The van der Waals surface area contributed by atoms with E-state index in [0.29, 0.717) is 0 Å². The first-order valence-corrected chi connectivity index (χ1v) is 11.1. The smallest absolute Gasteiger partial charge is 0.143 e. The van der Waals surface area contributed by atoms with Crippen molar-refractivity contribution in [2.45, 2.75) is 6.42 Å². The summed E-state index contributed by atoms with van der Waals surface area (Å²) in [4.78, 5) is 0. The SMILES string of the molecule is c1ccc2c(c1)Cc1ccc(-c3ccc(-c4cccc5c4oc4ccccc45)cc3)cc1-2. The molecule has 1 heteroatoms. The minimum Gasteiger partial charge on any atom is -0.455 e. The molecule has 1 nitrogen and oxygen atoms in total. The van der Waals surface area contributed by atoms with Crippen molar-refractivity contribution in [1.82, 2.24) is 0 Å². The molecular formula is C31H20O. The number of para-hydroxylation sites is 2. The molecule has 0 fully saturated rings. The molecule has 0 spiro atoms. The highest BCUT2D eigenvalue weighted by Crippen LogP contribution is 2.40. The lowest BCUT2D eigenvalue weighted by Gasteiger charge is -2.08. The highest BCUT2D eigenvalue weighted by atomic mass is 16.3. The number of rotatable bonds is 2. The van der Waals surface area contributed by atoms with Crippen molar-refractivity contribution >= 4 is 21.9 Å². The Balaban J connectivity index is 1.30. The Morgan fingerprint density at radius 2 is 1.16 bits per heavy atom. The number of furan rings is 1. The molecule has 1 heterocycles. The van der Waals surface area contributed by atoms with Gasteiger partial charge in [0.05, 0.1) is 0 Å². The third kappa shape index (κ3) is 2.58. The van der Waals surface area contributed by atoms with E-state index in [9.17, 15) is 0 Å². The van der Waals surface area contributed by atoms with Gasteiger partial charge in [-0.3, -0.25) is 0 Å². The van der Waals surface area contributed by atoms with Gasteiger partial charge in [-0.2, -0.15) is 0 Å². The van der Waals surface area contributed by atoms with Gasteiger partial charge in [0.2, 0.25) is 0 Å². The molecular weight excluding hydrogens is 388 g/mol. The van der Waals surface area contributed by atoms with Gasteiger partial charge in [0.1, 0.15) is 11.2 Å². The summed E-state index contributed by atoms with van der Waals surface area (Å²) in [6.45, 7) is 0. The molecule has 0 saturated carbocycles. The molecule has 0 aliphatic heterocycles. The first kappa shape index (κ1) is 17.6. The topological polar surface area (TPSA) is 13.1 Å². The predicted octanol–water partition coefficient (Wildman–Crippen LogP) is 8.49. The quantitative estimate of drug-likeness (QED) is 0.279. The van der Waals surface area contributed by atoms with E-state index in [1.165, 1.54) is 49.7 Å². The van der Waals surface area contributed by atoms with E-state index in [1.807, 2.05) is 12.1 Å². The van der Waals surface area contributed by atoms with Gasteiger partial charge in [-0.15, -0.1) is 0 Å². The molecule has 0 amide bonds. The van der Waals surface area contributed by atoms with Crippen LogP contribution in [0, 0.1) is 0 Å². The fourth-order valence-corrected chi connectivity index (χ4v) is 5.12. The second-order valence-corrected chi connectivity index (χ2v) is 8.56. The Kier molecular flexibility index (Phi) is 3.68. The second-order valence-electron chi connectivity index (χ2n) is 8.56. The van der Waals surface area contributed by atoms with Crippen molar-refractivity contribution in [3.8, 4) is 33.4 Å². The molecule has 150 valence electrons. The fraction of sp³-hybridized carbons (Fsp3) is 0.0323. The van der Waals surface area contributed by atoms with E-state index >= 15 is 0 Å². The standard InChI is InChI=1S/C31H20O/c1-2-7-25-23(6-1)18-24-17-16-22(19-29(24)25)20-12-14-21(15-13-20)26-9-5-10-28-27-8-3-4-11-30(27)32-31(26)28/h1-17,19H,18H2. The summed E-state index contributed by atoms with van der Waals surface area (Å²) in [7, 11) is 0. The molecule has 0 atom stereocenters. The zero-order valence-electron chi connectivity index (χ0n) is 17.5. The maximum Gasteiger partial charge on any atom is 0.143 e. The molecule has 6 aromatic rings. The maximum absolute atomic E-state index is 6.24. The maximum atomic E-state index is 6.24. The van der Waals surface area contributed by atoms with Gasteiger partial charge in [-0.25, -0.2) is 0 Å². The van der Waals surface area contributed by atoms with Crippen LogP contribution in [-0.2, 0) is 6.42 Å². The molecule has 32 heavy (non-hydrogen) atoms. The lowest BCUT2D eigenvalue weighted by Crippen LogP contribution is -1.84. The monoisotopic (exact) mass is 408 g/mol. The van der Waals surface area contributed by atoms with Crippen LogP contribution in [0.5, 0.6) is 0 Å². The Hall–Kier alpha value is -4.10. The molecule has 0 unspecified atom stereocenters. The van der Waals surface area contributed by atoms with Gasteiger partial charge in [0.15, 0.2) is 0 Å². The Bertz CT molecular complexity index is 1630. The van der Waals surface area contributed by atoms with Crippen molar-refractivity contribution in [2.24, 2.45) is 0 Å². The van der Waals surface area contributed by atoms with Crippen molar-refractivity contribution in [3.05, 3.63) is 120 Å². The lowest BCUT2D eigenvalue weighted by molar-refractivity contribution is 0.670. The second kappa shape index (κ2) is 6.70. The minimum absolute atomic E-state index is 0.935. The summed E-state index contributed by atoms with van der Waals surface area (Å²) in [5, 5.41) is 2.33. The van der Waals surface area contributed by atoms with Gasteiger partial charge in [0.25, 0.3) is 0 Å². The third-order valence-corrected chi connectivity index (χ3v) is 6.73. The van der Waals surface area contributed by atoms with Crippen LogP contribution >= 0.6 is 0 Å². The highest BCUT2D eigenvalue weighted by Gasteiger charge is 2.18. The Morgan fingerprint density at radius 3 is 2.09 bits per heavy atom. The summed E-state index contributed by atoms with van der Waals surface area (Å²) < 4.78 is 6.24. The van der Waals surface area contributed by atoms with Crippen LogP contribution < -0.4 is 0 Å². The summed E-state index contributed by atoms with van der Waals surface area (Å²) in [5.41, 5.74) is 12.3. The molecule has 5 aromatic carbocycles. The number of hydrogen-bond acceptors (Lipinski definition) is 1. The molecule has 0 radical (unpaired) electrons. The fourth-order valence-electron chi connectivity index (χ4n) is 5.12. The molecule has 0 bridgehead atoms. The Labute approximate surface area is 186 Å². The van der Waals surface area contributed by atoms with Crippen LogP contribution in [0.2, 0.25) is 0 Å². The van der Waals surface area contributed by atoms with Crippen LogP contribution in [0.15, 0.2) is 114 Å². The number of fused-ring (bicyclic) bond motifs is 6. The average Bonchev–Trinajstić information content (AvgIpc) is 3.42. The molecule has 1 aromatic heterocycles. The first-order valence-electron chi connectivity index (χ1n) is 11.1. The van der Waals surface area contributed by atoms with Crippen molar-refractivity contribution < 1.29 is 4.42 Å². The predicted molar refractivity (Wildman–Crippen MR) is 133 cm³/mol. The highest BCUT2D eigenvalue weighted by molar-refractivity contribution is 6.09. The third-order valence-electron chi connectivity index (χ3n) is 6.73. The van der Waals surface area contributed by atoms with E-state index in [2.05, 4.69) is 97.1 Å². The zero-order chi connectivity index (χ0) is 21.1. The molecule has 7 rings (SSSR count). The number of benzene rings is 5. The molecule has 0 N–H and O–H groups in total. The van der Waals surface area contributed by atoms with E-state index in [0.717, 1.165) is 23.2 Å². The van der Waals surface area contributed by atoms with Gasteiger partial charge in [-0.05, 0) is 57.5 Å². The van der Waals surface area contributed by atoms with Crippen LogP contribution in [0.1, 0.15) is 11.1 Å². The summed E-state index contributed by atoms with van der Waals surface area (Å²) in [5.74, 6) is 0. The van der Waals surface area contributed by atoms with Gasteiger partial charge in [-0.1, -0.05) is 97.1 Å². The van der Waals surface area contributed by atoms with Crippen LogP contribution in [0.4, 0.5) is 0 Å². The average molecular weight is 409 g/mol. The van der Waals surface area contributed by atoms with E-state index in [4.69, 9.17) is 4.42 Å². The first-order chi connectivity index (χ1) is 15.8. The van der Waals surface area contributed by atoms with Crippen molar-refractivity contribution in [1.29, 1.82) is 0 Å². The minimum atomic E-state index is 0.935. The molecule has 1 aliphatic carbocycles. The molecule has 0 saturated heterocycles. The lowest BCUT2D eigenvalue weighted by atomic mass is 9.96. The van der Waals surface area contributed by atoms with Crippen molar-refractivity contribution in [3.63, 3.8) is 0 Å². The van der Waals surface area contributed by atoms with Crippen LogP contribution in [0.25, 0.3) is 55.3 Å².